The summed E-state index contributed by atoms with van der Waals surface area (Å²) >= 11 is 0. The molecular formula is C12H17F3N2O. The molecule has 0 atom stereocenters. The molecule has 0 heterocycles. The van der Waals surface area contributed by atoms with Crippen LogP contribution in [0, 0.1) is 0 Å². The van der Waals surface area contributed by atoms with Crippen LogP contribution in [0.1, 0.15) is 12.0 Å². The first-order chi connectivity index (χ1) is 8.31. The van der Waals surface area contributed by atoms with E-state index in [0.717, 1.165) is 5.56 Å². The summed E-state index contributed by atoms with van der Waals surface area (Å²) in [4.78, 5) is 1.61. The van der Waals surface area contributed by atoms with E-state index in [-0.39, 0.29) is 6.54 Å². The Morgan fingerprint density at radius 3 is 2.50 bits per heavy atom. The fourth-order valence-electron chi connectivity index (χ4n) is 1.59. The number of nitrogens with zero attached hydrogens (tertiary/aromatic N) is 1. The quantitative estimate of drug-likeness (QED) is 0.829. The maximum absolute atomic E-state index is 12.1. The summed E-state index contributed by atoms with van der Waals surface area (Å²) in [7, 11) is 3.16. The van der Waals surface area contributed by atoms with E-state index < -0.39 is 12.6 Å². The van der Waals surface area contributed by atoms with Crippen LogP contribution in [0.2, 0.25) is 0 Å². The van der Waals surface area contributed by atoms with Crippen molar-refractivity contribution in [2.75, 3.05) is 26.4 Å². The summed E-state index contributed by atoms with van der Waals surface area (Å²) in [5, 5.41) is 0. The Kier molecular flexibility index (Phi) is 4.84. The lowest BCUT2D eigenvalue weighted by molar-refractivity contribution is -0.137. The summed E-state index contributed by atoms with van der Waals surface area (Å²) < 4.78 is 41.2. The van der Waals surface area contributed by atoms with Crippen LogP contribution in [-0.2, 0) is 6.54 Å². The van der Waals surface area contributed by atoms with Crippen molar-refractivity contribution < 1.29 is 17.9 Å². The number of hydrogen-bond donors (Lipinski definition) is 1. The molecule has 3 nitrogen and oxygen atoms in total. The topological polar surface area (TPSA) is 38.5 Å². The number of hydrogen-bond acceptors (Lipinski definition) is 3. The second-order valence-corrected chi connectivity index (χ2v) is 4.18. The van der Waals surface area contributed by atoms with Crippen LogP contribution in [0.4, 0.5) is 18.9 Å². The van der Waals surface area contributed by atoms with Gasteiger partial charge in [-0.2, -0.15) is 13.2 Å². The third-order valence-corrected chi connectivity index (χ3v) is 2.52. The summed E-state index contributed by atoms with van der Waals surface area (Å²) in [6, 6.07) is 5.21. The van der Waals surface area contributed by atoms with Crippen LogP contribution in [0.5, 0.6) is 5.75 Å². The van der Waals surface area contributed by atoms with Gasteiger partial charge in [-0.25, -0.2) is 0 Å². The molecule has 18 heavy (non-hydrogen) atoms. The van der Waals surface area contributed by atoms with E-state index in [1.54, 1.807) is 30.1 Å². The number of methoxy groups -OCH3 is 1. The van der Waals surface area contributed by atoms with Crippen molar-refractivity contribution in [1.82, 2.24) is 4.90 Å². The molecule has 0 fully saturated rings. The first-order valence-electron chi connectivity index (χ1n) is 5.49. The van der Waals surface area contributed by atoms with Gasteiger partial charge in [-0.1, -0.05) is 6.07 Å². The van der Waals surface area contributed by atoms with Crippen LogP contribution in [-0.4, -0.2) is 31.8 Å². The number of anilines is 1. The molecule has 0 aliphatic carbocycles. The molecule has 0 aromatic heterocycles. The fraction of sp³-hybridized carbons (Fsp3) is 0.500. The number of nitrogen functional groups attached to an aromatic ring is 1. The maximum atomic E-state index is 12.1. The summed E-state index contributed by atoms with van der Waals surface area (Å²) in [5.74, 6) is 0.566. The monoisotopic (exact) mass is 262 g/mol. The van der Waals surface area contributed by atoms with Crippen molar-refractivity contribution in [1.29, 1.82) is 0 Å². The Hall–Kier alpha value is -1.43. The van der Waals surface area contributed by atoms with Crippen molar-refractivity contribution >= 4 is 5.69 Å². The van der Waals surface area contributed by atoms with Gasteiger partial charge in [0.05, 0.1) is 19.2 Å². The van der Waals surface area contributed by atoms with Gasteiger partial charge >= 0.3 is 6.18 Å². The lowest BCUT2D eigenvalue weighted by Crippen LogP contribution is -2.24. The molecule has 1 aromatic carbocycles. The molecular weight excluding hydrogens is 245 g/mol. The second-order valence-electron chi connectivity index (χ2n) is 4.18. The van der Waals surface area contributed by atoms with Crippen molar-refractivity contribution in [2.24, 2.45) is 0 Å². The van der Waals surface area contributed by atoms with Crippen LogP contribution in [0.25, 0.3) is 0 Å². The van der Waals surface area contributed by atoms with E-state index in [2.05, 4.69) is 0 Å². The van der Waals surface area contributed by atoms with E-state index in [0.29, 0.717) is 18.0 Å². The molecule has 2 N–H and O–H groups in total. The summed E-state index contributed by atoms with van der Waals surface area (Å²) in [5.41, 5.74) is 7.07. The molecule has 0 radical (unpaired) electrons. The zero-order chi connectivity index (χ0) is 13.8. The molecule has 0 aliphatic rings. The number of halogens is 3. The average Bonchev–Trinajstić information content (AvgIpc) is 2.26. The smallest absolute Gasteiger partial charge is 0.390 e. The van der Waals surface area contributed by atoms with Gasteiger partial charge in [0.15, 0.2) is 0 Å². The number of rotatable bonds is 5. The lowest BCUT2D eigenvalue weighted by Gasteiger charge is -2.18. The highest BCUT2D eigenvalue weighted by atomic mass is 19.4. The van der Waals surface area contributed by atoms with Crippen LogP contribution in [0.3, 0.4) is 0 Å². The van der Waals surface area contributed by atoms with Gasteiger partial charge in [-0.15, -0.1) is 0 Å². The van der Waals surface area contributed by atoms with Gasteiger partial charge in [0.25, 0.3) is 0 Å². The number of benzene rings is 1. The van der Waals surface area contributed by atoms with Gasteiger partial charge in [-0.05, 0) is 24.7 Å². The van der Waals surface area contributed by atoms with Crippen LogP contribution in [0.15, 0.2) is 18.2 Å². The summed E-state index contributed by atoms with van der Waals surface area (Å²) in [6.45, 7) is 0.389. The third kappa shape index (κ3) is 4.83. The highest BCUT2D eigenvalue weighted by molar-refractivity contribution is 5.54. The highest BCUT2D eigenvalue weighted by Crippen LogP contribution is 2.23. The van der Waals surface area contributed by atoms with Crippen molar-refractivity contribution in [3.63, 3.8) is 0 Å². The maximum Gasteiger partial charge on any atom is 0.390 e. The summed E-state index contributed by atoms with van der Waals surface area (Å²) in [6.07, 6.45) is -4.93. The molecule has 0 saturated heterocycles. The number of alkyl halides is 3. The molecule has 0 unspecified atom stereocenters. The minimum Gasteiger partial charge on any atom is -0.495 e. The van der Waals surface area contributed by atoms with Crippen LogP contribution >= 0.6 is 0 Å². The molecule has 0 spiro atoms. The molecule has 0 bridgehead atoms. The molecule has 0 amide bonds. The van der Waals surface area contributed by atoms with Crippen molar-refractivity contribution in [3.8, 4) is 5.75 Å². The van der Waals surface area contributed by atoms with E-state index in [1.165, 1.54) is 7.11 Å². The minimum atomic E-state index is -4.12. The SMILES string of the molecule is COc1ccc(CN(C)CCC(F)(F)F)cc1N. The molecule has 0 aliphatic heterocycles. The lowest BCUT2D eigenvalue weighted by atomic mass is 10.1. The Morgan fingerprint density at radius 1 is 1.33 bits per heavy atom. The minimum absolute atomic E-state index is 0.0323. The molecule has 1 aromatic rings. The van der Waals surface area contributed by atoms with Gasteiger partial charge < -0.3 is 15.4 Å². The first-order valence-corrected chi connectivity index (χ1v) is 5.49. The fourth-order valence-corrected chi connectivity index (χ4v) is 1.59. The van der Waals surface area contributed by atoms with Crippen molar-refractivity contribution in [2.45, 2.75) is 19.1 Å². The highest BCUT2D eigenvalue weighted by Gasteiger charge is 2.27. The molecule has 0 saturated carbocycles. The van der Waals surface area contributed by atoms with Gasteiger partial charge in [0.2, 0.25) is 0 Å². The van der Waals surface area contributed by atoms with E-state index in [9.17, 15) is 13.2 Å². The molecule has 102 valence electrons. The zero-order valence-electron chi connectivity index (χ0n) is 10.4. The van der Waals surface area contributed by atoms with Gasteiger partial charge in [0, 0.05) is 13.1 Å². The predicted molar refractivity (Wildman–Crippen MR) is 64.4 cm³/mol. The predicted octanol–water partition coefficient (Wildman–Crippen LogP) is 2.66. The Bertz CT molecular complexity index is 393. The van der Waals surface area contributed by atoms with Gasteiger partial charge in [-0.3, -0.25) is 0 Å². The molecule has 1 rings (SSSR count). The largest absolute Gasteiger partial charge is 0.495 e. The Balaban J connectivity index is 2.54. The molecule has 6 heteroatoms. The van der Waals surface area contributed by atoms with Crippen LogP contribution < -0.4 is 10.5 Å². The zero-order valence-corrected chi connectivity index (χ0v) is 10.4. The van der Waals surface area contributed by atoms with E-state index in [4.69, 9.17) is 10.5 Å². The van der Waals surface area contributed by atoms with E-state index >= 15 is 0 Å². The average molecular weight is 262 g/mol. The normalized spacial score (nSPS) is 11.9. The standard InChI is InChI=1S/C12H17F3N2O/c1-17(6-5-12(13,14)15)8-9-3-4-11(18-2)10(16)7-9/h3-4,7H,5-6,8,16H2,1-2H3. The third-order valence-electron chi connectivity index (χ3n) is 2.52. The number of ether oxygens (including phenoxy) is 1. The van der Waals surface area contributed by atoms with Crippen molar-refractivity contribution in [3.05, 3.63) is 23.8 Å². The Labute approximate surface area is 104 Å². The second kappa shape index (κ2) is 5.95. The van der Waals surface area contributed by atoms with Gasteiger partial charge in [0.1, 0.15) is 5.75 Å². The Morgan fingerprint density at radius 2 is 2.00 bits per heavy atom. The van der Waals surface area contributed by atoms with E-state index in [1.807, 2.05) is 0 Å². The number of nitrogens with two attached hydrogens (primary N) is 1. The first kappa shape index (κ1) is 14.6.